The molecule has 2 heterocycles. The minimum Gasteiger partial charge on any atom is -0.398 e. The maximum atomic E-state index is 12.9. The highest BCUT2D eigenvalue weighted by Crippen LogP contribution is 2.25. The number of fused-ring (bicyclic) bond motifs is 1. The van der Waals surface area contributed by atoms with E-state index in [1.165, 1.54) is 12.1 Å². The number of anilines is 1. The lowest BCUT2D eigenvalue weighted by Crippen LogP contribution is -1.93. The number of benzene rings is 1. The number of aromatic nitrogens is 2. The van der Waals surface area contributed by atoms with Gasteiger partial charge in [-0.25, -0.2) is 9.37 Å². The molecule has 0 saturated carbocycles. The standard InChI is InChI=1S/C14H10FN3/c15-10-3-1-9(2-4-10)14-7-12(16)11-8-17-6-5-13(11)18-14/h1-8H,(H2,16,18). The summed E-state index contributed by atoms with van der Waals surface area (Å²) in [4.78, 5) is 8.51. The zero-order valence-electron chi connectivity index (χ0n) is 9.47. The van der Waals surface area contributed by atoms with E-state index < -0.39 is 0 Å². The second kappa shape index (κ2) is 4.07. The van der Waals surface area contributed by atoms with Gasteiger partial charge in [0.05, 0.1) is 11.2 Å². The van der Waals surface area contributed by atoms with Crippen molar-refractivity contribution in [2.75, 3.05) is 5.73 Å². The van der Waals surface area contributed by atoms with Crippen LogP contribution in [0.25, 0.3) is 22.2 Å². The van der Waals surface area contributed by atoms with Crippen LogP contribution in [0.4, 0.5) is 10.1 Å². The second-order valence-electron chi connectivity index (χ2n) is 4.00. The predicted molar refractivity (Wildman–Crippen MR) is 69.3 cm³/mol. The molecule has 0 atom stereocenters. The molecule has 3 nitrogen and oxygen atoms in total. The van der Waals surface area contributed by atoms with Gasteiger partial charge in [-0.2, -0.15) is 0 Å². The normalized spacial score (nSPS) is 10.7. The Morgan fingerprint density at radius 2 is 1.83 bits per heavy atom. The first-order valence-electron chi connectivity index (χ1n) is 5.50. The van der Waals surface area contributed by atoms with Crippen LogP contribution in [0.1, 0.15) is 0 Å². The van der Waals surface area contributed by atoms with Crippen LogP contribution in [-0.4, -0.2) is 9.97 Å². The van der Waals surface area contributed by atoms with Gasteiger partial charge in [0, 0.05) is 29.0 Å². The second-order valence-corrected chi connectivity index (χ2v) is 4.00. The van der Waals surface area contributed by atoms with E-state index in [1.807, 2.05) is 0 Å². The van der Waals surface area contributed by atoms with Gasteiger partial charge < -0.3 is 5.73 Å². The zero-order valence-corrected chi connectivity index (χ0v) is 9.47. The van der Waals surface area contributed by atoms with Crippen LogP contribution in [0.5, 0.6) is 0 Å². The number of hydrogen-bond acceptors (Lipinski definition) is 3. The first kappa shape index (κ1) is 10.7. The van der Waals surface area contributed by atoms with E-state index in [0.717, 1.165) is 22.2 Å². The zero-order chi connectivity index (χ0) is 12.5. The molecule has 0 aliphatic carbocycles. The molecule has 0 radical (unpaired) electrons. The molecule has 18 heavy (non-hydrogen) atoms. The summed E-state index contributed by atoms with van der Waals surface area (Å²) in [7, 11) is 0. The summed E-state index contributed by atoms with van der Waals surface area (Å²) in [6.45, 7) is 0. The smallest absolute Gasteiger partial charge is 0.123 e. The quantitative estimate of drug-likeness (QED) is 0.710. The molecular formula is C14H10FN3. The minimum absolute atomic E-state index is 0.267. The van der Waals surface area contributed by atoms with Crippen LogP contribution in [0.3, 0.4) is 0 Å². The van der Waals surface area contributed by atoms with Gasteiger partial charge in [0.1, 0.15) is 5.82 Å². The lowest BCUT2D eigenvalue weighted by atomic mass is 10.1. The number of hydrogen-bond donors (Lipinski definition) is 1. The van der Waals surface area contributed by atoms with Crippen molar-refractivity contribution in [3.63, 3.8) is 0 Å². The van der Waals surface area contributed by atoms with Crippen LogP contribution in [0.2, 0.25) is 0 Å². The summed E-state index contributed by atoms with van der Waals surface area (Å²) in [6.07, 6.45) is 3.36. The van der Waals surface area contributed by atoms with Gasteiger partial charge in [0.2, 0.25) is 0 Å². The third-order valence-corrected chi connectivity index (χ3v) is 2.78. The number of rotatable bonds is 1. The Bertz CT molecular complexity index is 708. The van der Waals surface area contributed by atoms with E-state index in [2.05, 4.69) is 9.97 Å². The third-order valence-electron chi connectivity index (χ3n) is 2.78. The molecule has 88 valence electrons. The van der Waals surface area contributed by atoms with Crippen molar-refractivity contribution >= 4 is 16.6 Å². The largest absolute Gasteiger partial charge is 0.398 e. The van der Waals surface area contributed by atoms with Crippen molar-refractivity contribution in [2.45, 2.75) is 0 Å². The Kier molecular flexibility index (Phi) is 2.41. The molecule has 0 aliphatic heterocycles. The van der Waals surface area contributed by atoms with Gasteiger partial charge in [0.15, 0.2) is 0 Å². The Morgan fingerprint density at radius 1 is 1.06 bits per heavy atom. The molecule has 0 aliphatic rings. The maximum Gasteiger partial charge on any atom is 0.123 e. The monoisotopic (exact) mass is 239 g/mol. The van der Waals surface area contributed by atoms with Gasteiger partial charge in [-0.3, -0.25) is 4.98 Å². The van der Waals surface area contributed by atoms with Crippen LogP contribution < -0.4 is 5.73 Å². The number of nitrogens with two attached hydrogens (primary N) is 1. The molecule has 2 N–H and O–H groups in total. The summed E-state index contributed by atoms with van der Waals surface area (Å²) < 4.78 is 12.9. The topological polar surface area (TPSA) is 51.8 Å². The highest BCUT2D eigenvalue weighted by atomic mass is 19.1. The van der Waals surface area contributed by atoms with E-state index in [1.54, 1.807) is 36.7 Å². The number of nitrogen functional groups attached to an aromatic ring is 1. The fraction of sp³-hybridized carbons (Fsp3) is 0. The maximum absolute atomic E-state index is 12.9. The number of halogens is 1. The molecule has 0 unspecified atom stereocenters. The minimum atomic E-state index is -0.267. The molecule has 1 aromatic carbocycles. The molecule has 0 amide bonds. The van der Waals surface area contributed by atoms with E-state index in [4.69, 9.17) is 5.73 Å². The highest BCUT2D eigenvalue weighted by molar-refractivity contribution is 5.91. The summed E-state index contributed by atoms with van der Waals surface area (Å²) in [5.41, 5.74) is 8.93. The molecule has 3 rings (SSSR count). The Labute approximate surface area is 103 Å². The van der Waals surface area contributed by atoms with Crippen LogP contribution >= 0.6 is 0 Å². The summed E-state index contributed by atoms with van der Waals surface area (Å²) in [5, 5.41) is 0.823. The first-order chi connectivity index (χ1) is 8.74. The van der Waals surface area contributed by atoms with E-state index in [-0.39, 0.29) is 5.82 Å². The molecule has 0 spiro atoms. The molecule has 0 saturated heterocycles. The predicted octanol–water partition coefficient (Wildman–Crippen LogP) is 3.02. The third kappa shape index (κ3) is 1.78. The molecule has 0 fully saturated rings. The van der Waals surface area contributed by atoms with Crippen LogP contribution in [-0.2, 0) is 0 Å². The molecular weight excluding hydrogens is 229 g/mol. The van der Waals surface area contributed by atoms with Crippen molar-refractivity contribution in [1.29, 1.82) is 0 Å². The first-order valence-corrected chi connectivity index (χ1v) is 5.50. The average molecular weight is 239 g/mol. The Morgan fingerprint density at radius 3 is 2.61 bits per heavy atom. The summed E-state index contributed by atoms with van der Waals surface area (Å²) in [5.74, 6) is -0.267. The van der Waals surface area contributed by atoms with Crippen molar-refractivity contribution in [3.8, 4) is 11.3 Å². The summed E-state index contributed by atoms with van der Waals surface area (Å²) >= 11 is 0. The van der Waals surface area contributed by atoms with Crippen LogP contribution in [0, 0.1) is 5.82 Å². The molecule has 0 bridgehead atoms. The molecule has 2 aromatic heterocycles. The van der Waals surface area contributed by atoms with E-state index in [9.17, 15) is 4.39 Å². The highest BCUT2D eigenvalue weighted by Gasteiger charge is 2.05. The van der Waals surface area contributed by atoms with Gasteiger partial charge in [0.25, 0.3) is 0 Å². The van der Waals surface area contributed by atoms with Gasteiger partial charge in [-0.1, -0.05) is 0 Å². The van der Waals surface area contributed by atoms with Crippen molar-refractivity contribution in [2.24, 2.45) is 0 Å². The number of nitrogens with zero attached hydrogens (tertiary/aromatic N) is 2. The number of pyridine rings is 2. The molecule has 4 heteroatoms. The lowest BCUT2D eigenvalue weighted by molar-refractivity contribution is 0.628. The SMILES string of the molecule is Nc1cc(-c2ccc(F)cc2)nc2ccncc12. The molecule has 3 aromatic rings. The van der Waals surface area contributed by atoms with E-state index in [0.29, 0.717) is 5.69 Å². The Hall–Kier alpha value is -2.49. The van der Waals surface area contributed by atoms with Gasteiger partial charge in [-0.15, -0.1) is 0 Å². The van der Waals surface area contributed by atoms with Crippen molar-refractivity contribution < 1.29 is 4.39 Å². The lowest BCUT2D eigenvalue weighted by Gasteiger charge is -2.06. The Balaban J connectivity index is 2.21. The van der Waals surface area contributed by atoms with Crippen molar-refractivity contribution in [1.82, 2.24) is 9.97 Å². The van der Waals surface area contributed by atoms with E-state index >= 15 is 0 Å². The van der Waals surface area contributed by atoms with Gasteiger partial charge in [-0.05, 0) is 36.4 Å². The fourth-order valence-corrected chi connectivity index (χ4v) is 1.86. The van der Waals surface area contributed by atoms with Crippen LogP contribution in [0.15, 0.2) is 48.8 Å². The van der Waals surface area contributed by atoms with Crippen molar-refractivity contribution in [3.05, 3.63) is 54.6 Å². The fourth-order valence-electron chi connectivity index (χ4n) is 1.86. The summed E-state index contributed by atoms with van der Waals surface area (Å²) in [6, 6.07) is 9.76. The van der Waals surface area contributed by atoms with Gasteiger partial charge >= 0.3 is 0 Å². The average Bonchev–Trinajstić information content (AvgIpc) is 2.39.